The summed E-state index contributed by atoms with van der Waals surface area (Å²) in [6.45, 7) is 4.52. The highest BCUT2D eigenvalue weighted by Gasteiger charge is 2.17. The zero-order valence-electron chi connectivity index (χ0n) is 8.05. The summed E-state index contributed by atoms with van der Waals surface area (Å²) in [5.41, 5.74) is 3.33. The second kappa shape index (κ2) is 4.20. The van der Waals surface area contributed by atoms with Gasteiger partial charge in [-0.1, -0.05) is 0 Å². The molecule has 2 heterocycles. The van der Waals surface area contributed by atoms with Gasteiger partial charge >= 0.3 is 0 Å². The summed E-state index contributed by atoms with van der Waals surface area (Å²) in [6, 6.07) is 0. The summed E-state index contributed by atoms with van der Waals surface area (Å²) in [5, 5.41) is 3.43. The molecule has 3 heteroatoms. The van der Waals surface area contributed by atoms with Gasteiger partial charge < -0.3 is 5.32 Å². The van der Waals surface area contributed by atoms with Crippen molar-refractivity contribution in [2.24, 2.45) is 0 Å². The summed E-state index contributed by atoms with van der Waals surface area (Å²) in [6.07, 6.45) is 3.85. The topological polar surface area (TPSA) is 24.9 Å². The molecule has 0 aromatic carbocycles. The van der Waals surface area contributed by atoms with Crippen LogP contribution in [0.1, 0.15) is 35.8 Å². The number of thiazole rings is 1. The Morgan fingerprint density at radius 3 is 3.15 bits per heavy atom. The van der Waals surface area contributed by atoms with E-state index in [2.05, 4.69) is 17.2 Å². The maximum absolute atomic E-state index is 4.47. The van der Waals surface area contributed by atoms with E-state index < -0.39 is 0 Å². The fraction of sp³-hybridized carbons (Fsp3) is 0.700. The number of rotatable bonds is 1. The average molecular weight is 196 g/mol. The molecule has 1 aromatic rings. The van der Waals surface area contributed by atoms with Crippen LogP contribution in [0.15, 0.2) is 5.51 Å². The summed E-state index contributed by atoms with van der Waals surface area (Å²) in [4.78, 5) is 5.88. The van der Waals surface area contributed by atoms with Crippen LogP contribution in [-0.2, 0) is 0 Å². The van der Waals surface area contributed by atoms with Crippen LogP contribution >= 0.6 is 11.3 Å². The lowest BCUT2D eigenvalue weighted by Crippen LogP contribution is -2.13. The van der Waals surface area contributed by atoms with E-state index in [0.29, 0.717) is 5.92 Å². The van der Waals surface area contributed by atoms with E-state index >= 15 is 0 Å². The SMILES string of the molecule is Cc1scnc1C1CCCNCC1. The van der Waals surface area contributed by atoms with Gasteiger partial charge in [0.05, 0.1) is 11.2 Å². The third-order valence-electron chi connectivity index (χ3n) is 2.74. The summed E-state index contributed by atoms with van der Waals surface area (Å²) >= 11 is 1.77. The minimum atomic E-state index is 0.709. The molecule has 0 bridgehead atoms. The Hall–Kier alpha value is -0.410. The fourth-order valence-corrected chi connectivity index (χ4v) is 2.66. The number of hydrogen-bond donors (Lipinski definition) is 1. The zero-order valence-corrected chi connectivity index (χ0v) is 8.86. The predicted octanol–water partition coefficient (Wildman–Crippen LogP) is 2.31. The van der Waals surface area contributed by atoms with Gasteiger partial charge in [0.15, 0.2) is 0 Å². The molecule has 2 nitrogen and oxygen atoms in total. The van der Waals surface area contributed by atoms with E-state index in [-0.39, 0.29) is 0 Å². The highest BCUT2D eigenvalue weighted by Crippen LogP contribution is 2.28. The van der Waals surface area contributed by atoms with Crippen molar-refractivity contribution in [3.63, 3.8) is 0 Å². The molecule has 1 saturated heterocycles. The lowest BCUT2D eigenvalue weighted by Gasteiger charge is -2.11. The second-order valence-electron chi connectivity index (χ2n) is 3.67. The van der Waals surface area contributed by atoms with Gasteiger partial charge in [-0.05, 0) is 39.3 Å². The summed E-state index contributed by atoms with van der Waals surface area (Å²) in [7, 11) is 0. The Balaban J connectivity index is 2.10. The van der Waals surface area contributed by atoms with Gasteiger partial charge in [-0.25, -0.2) is 4.98 Å². The Bertz CT molecular complexity index is 262. The lowest BCUT2D eigenvalue weighted by molar-refractivity contribution is 0.594. The van der Waals surface area contributed by atoms with Crippen LogP contribution < -0.4 is 5.32 Å². The first-order chi connectivity index (χ1) is 6.38. The molecule has 1 fully saturated rings. The first-order valence-electron chi connectivity index (χ1n) is 4.98. The first kappa shape index (κ1) is 9.16. The maximum Gasteiger partial charge on any atom is 0.0797 e. The molecule has 0 spiro atoms. The maximum atomic E-state index is 4.47. The van der Waals surface area contributed by atoms with Gasteiger partial charge in [0.1, 0.15) is 0 Å². The number of aromatic nitrogens is 1. The largest absolute Gasteiger partial charge is 0.317 e. The Labute approximate surface area is 83.4 Å². The number of hydrogen-bond acceptors (Lipinski definition) is 3. The fourth-order valence-electron chi connectivity index (χ4n) is 2.00. The van der Waals surface area contributed by atoms with Crippen molar-refractivity contribution in [3.05, 3.63) is 16.1 Å². The molecule has 1 aliphatic heterocycles. The number of aryl methyl sites for hydroxylation is 1. The quantitative estimate of drug-likeness (QED) is 0.745. The molecule has 1 aliphatic rings. The Kier molecular flexibility index (Phi) is 2.96. The van der Waals surface area contributed by atoms with Gasteiger partial charge in [0.2, 0.25) is 0 Å². The molecule has 0 aliphatic carbocycles. The van der Waals surface area contributed by atoms with E-state index in [1.54, 1.807) is 11.3 Å². The molecule has 1 unspecified atom stereocenters. The lowest BCUT2D eigenvalue weighted by atomic mass is 9.96. The van der Waals surface area contributed by atoms with Crippen molar-refractivity contribution in [2.45, 2.75) is 32.1 Å². The van der Waals surface area contributed by atoms with Gasteiger partial charge in [-0.3, -0.25) is 0 Å². The molecule has 2 rings (SSSR count). The minimum Gasteiger partial charge on any atom is -0.317 e. The van der Waals surface area contributed by atoms with Crippen molar-refractivity contribution < 1.29 is 0 Å². The Morgan fingerprint density at radius 1 is 1.46 bits per heavy atom. The number of nitrogens with zero attached hydrogens (tertiary/aromatic N) is 1. The average Bonchev–Trinajstić information content (AvgIpc) is 2.43. The molecule has 0 amide bonds. The van der Waals surface area contributed by atoms with E-state index in [1.807, 2.05) is 5.51 Å². The third-order valence-corrected chi connectivity index (χ3v) is 3.52. The molecule has 1 N–H and O–H groups in total. The van der Waals surface area contributed by atoms with Crippen LogP contribution in [0.3, 0.4) is 0 Å². The molecule has 0 radical (unpaired) electrons. The van der Waals surface area contributed by atoms with Crippen LogP contribution in [-0.4, -0.2) is 18.1 Å². The smallest absolute Gasteiger partial charge is 0.0797 e. The standard InChI is InChI=1S/C10H16N2S/c1-8-10(12-7-13-8)9-3-2-5-11-6-4-9/h7,9,11H,2-6H2,1H3. The Morgan fingerprint density at radius 2 is 2.38 bits per heavy atom. The van der Waals surface area contributed by atoms with Gasteiger partial charge in [0, 0.05) is 10.8 Å². The highest BCUT2D eigenvalue weighted by molar-refractivity contribution is 7.09. The molecule has 72 valence electrons. The van der Waals surface area contributed by atoms with Gasteiger partial charge in [-0.2, -0.15) is 0 Å². The van der Waals surface area contributed by atoms with E-state index in [4.69, 9.17) is 0 Å². The van der Waals surface area contributed by atoms with E-state index in [1.165, 1.54) is 36.4 Å². The van der Waals surface area contributed by atoms with Gasteiger partial charge in [-0.15, -0.1) is 11.3 Å². The van der Waals surface area contributed by atoms with Crippen LogP contribution in [0.5, 0.6) is 0 Å². The third kappa shape index (κ3) is 2.09. The molecule has 0 saturated carbocycles. The van der Waals surface area contributed by atoms with Crippen LogP contribution in [0.2, 0.25) is 0 Å². The van der Waals surface area contributed by atoms with Crippen molar-refractivity contribution in [1.82, 2.24) is 10.3 Å². The van der Waals surface area contributed by atoms with Crippen LogP contribution in [0, 0.1) is 6.92 Å². The summed E-state index contributed by atoms with van der Waals surface area (Å²) in [5.74, 6) is 0.709. The summed E-state index contributed by atoms with van der Waals surface area (Å²) < 4.78 is 0. The first-order valence-corrected chi connectivity index (χ1v) is 5.86. The highest BCUT2D eigenvalue weighted by atomic mass is 32.1. The van der Waals surface area contributed by atoms with Crippen molar-refractivity contribution >= 4 is 11.3 Å². The molecule has 13 heavy (non-hydrogen) atoms. The van der Waals surface area contributed by atoms with Crippen LogP contribution in [0.4, 0.5) is 0 Å². The monoisotopic (exact) mass is 196 g/mol. The second-order valence-corrected chi connectivity index (χ2v) is 4.73. The molecular formula is C10H16N2S. The van der Waals surface area contributed by atoms with E-state index in [0.717, 1.165) is 6.54 Å². The van der Waals surface area contributed by atoms with E-state index in [9.17, 15) is 0 Å². The zero-order chi connectivity index (χ0) is 9.10. The van der Waals surface area contributed by atoms with Crippen molar-refractivity contribution in [3.8, 4) is 0 Å². The molecule has 1 atom stereocenters. The predicted molar refractivity (Wildman–Crippen MR) is 56.3 cm³/mol. The van der Waals surface area contributed by atoms with Crippen molar-refractivity contribution in [2.75, 3.05) is 13.1 Å². The van der Waals surface area contributed by atoms with Crippen LogP contribution in [0.25, 0.3) is 0 Å². The minimum absolute atomic E-state index is 0.709. The molecule has 1 aromatic heterocycles. The number of nitrogens with one attached hydrogen (secondary N) is 1. The van der Waals surface area contributed by atoms with Gasteiger partial charge in [0.25, 0.3) is 0 Å². The normalized spacial score (nSPS) is 24.2. The molecular weight excluding hydrogens is 180 g/mol. The van der Waals surface area contributed by atoms with Crippen molar-refractivity contribution in [1.29, 1.82) is 0 Å².